The summed E-state index contributed by atoms with van der Waals surface area (Å²) in [6, 6.07) is 1.32. The summed E-state index contributed by atoms with van der Waals surface area (Å²) in [6.45, 7) is 3.90. The lowest BCUT2D eigenvalue weighted by Gasteiger charge is -2.14. The molecule has 0 bridgehead atoms. The molecule has 1 aromatic heterocycles. The average molecular weight is 332 g/mol. The topological polar surface area (TPSA) is 66.4 Å². The van der Waals surface area contributed by atoms with Crippen LogP contribution >= 0.6 is 34.5 Å². The van der Waals surface area contributed by atoms with Gasteiger partial charge in [-0.1, -0.05) is 37.0 Å². The minimum absolute atomic E-state index is 0.0156. The Morgan fingerprint density at radius 3 is 2.50 bits per heavy atom. The molecule has 1 rings (SSSR count). The van der Waals surface area contributed by atoms with E-state index in [9.17, 15) is 13.5 Å². The smallest absolute Gasteiger partial charge is 0.242 e. The Bertz CT molecular complexity index is 499. The largest absolute Gasteiger partial charge is 0.393 e. The third-order valence-corrected chi connectivity index (χ3v) is 5.63. The molecule has 0 saturated heterocycles. The zero-order valence-corrected chi connectivity index (χ0v) is 13.1. The molecule has 0 fully saturated rings. The molecule has 1 heterocycles. The minimum Gasteiger partial charge on any atom is -0.393 e. The fourth-order valence-electron chi connectivity index (χ4n) is 1.26. The van der Waals surface area contributed by atoms with Crippen LogP contribution in [0, 0.1) is 5.92 Å². The van der Waals surface area contributed by atoms with Crippen LogP contribution in [-0.4, -0.2) is 26.2 Å². The predicted molar refractivity (Wildman–Crippen MR) is 75.0 cm³/mol. The van der Waals surface area contributed by atoms with Gasteiger partial charge in [0, 0.05) is 6.54 Å². The van der Waals surface area contributed by atoms with E-state index in [0.717, 1.165) is 11.3 Å². The summed E-state index contributed by atoms with van der Waals surface area (Å²) in [6.07, 6.45) is -0.180. The van der Waals surface area contributed by atoms with Crippen molar-refractivity contribution in [2.45, 2.75) is 31.3 Å². The first-order valence-corrected chi connectivity index (χ1v) is 8.42. The number of hydrogen-bond donors (Lipinski definition) is 2. The van der Waals surface area contributed by atoms with E-state index >= 15 is 0 Å². The number of hydrogen-bond acceptors (Lipinski definition) is 4. The molecule has 104 valence electrons. The highest BCUT2D eigenvalue weighted by Crippen LogP contribution is 2.34. The van der Waals surface area contributed by atoms with Gasteiger partial charge in [0.15, 0.2) is 0 Å². The van der Waals surface area contributed by atoms with Crippen molar-refractivity contribution in [3.8, 4) is 0 Å². The van der Waals surface area contributed by atoms with Crippen LogP contribution in [0.4, 0.5) is 0 Å². The molecule has 0 radical (unpaired) electrons. The second-order valence-electron chi connectivity index (χ2n) is 4.19. The van der Waals surface area contributed by atoms with E-state index < -0.39 is 16.1 Å². The summed E-state index contributed by atoms with van der Waals surface area (Å²) in [4.78, 5) is -0.0156. The van der Waals surface area contributed by atoms with Crippen LogP contribution in [0.15, 0.2) is 11.0 Å². The van der Waals surface area contributed by atoms with E-state index in [1.807, 2.05) is 13.8 Å². The minimum atomic E-state index is -3.66. The van der Waals surface area contributed by atoms with Gasteiger partial charge in [-0.3, -0.25) is 0 Å². The zero-order chi connectivity index (χ0) is 13.9. The monoisotopic (exact) mass is 331 g/mol. The van der Waals surface area contributed by atoms with Gasteiger partial charge in [0.25, 0.3) is 0 Å². The van der Waals surface area contributed by atoms with Gasteiger partial charge in [-0.15, -0.1) is 11.3 Å². The Balaban J connectivity index is 2.64. The first kappa shape index (κ1) is 16.2. The quantitative estimate of drug-likeness (QED) is 0.842. The second-order valence-corrected chi connectivity index (χ2v) is 8.21. The van der Waals surface area contributed by atoms with Gasteiger partial charge < -0.3 is 5.11 Å². The van der Waals surface area contributed by atoms with E-state index in [4.69, 9.17) is 23.2 Å². The van der Waals surface area contributed by atoms with E-state index in [-0.39, 0.29) is 21.7 Å². The van der Waals surface area contributed by atoms with Crippen LogP contribution in [-0.2, 0) is 10.0 Å². The molecule has 0 spiro atoms. The van der Waals surface area contributed by atoms with Crippen LogP contribution < -0.4 is 4.72 Å². The molecule has 1 unspecified atom stereocenters. The fourth-order valence-corrected chi connectivity index (χ4v) is 4.46. The Morgan fingerprint density at radius 1 is 1.44 bits per heavy atom. The van der Waals surface area contributed by atoms with Crippen molar-refractivity contribution in [1.82, 2.24) is 4.72 Å². The molecule has 0 saturated carbocycles. The standard InChI is InChI=1S/C10H15Cl2NO3S2/c1-6(2)7(14)3-4-13-18(15,16)8-5-9(11)17-10(8)12/h5-7,13-14H,3-4H2,1-2H3. The lowest BCUT2D eigenvalue weighted by molar-refractivity contribution is 0.118. The van der Waals surface area contributed by atoms with Crippen LogP contribution in [0.5, 0.6) is 0 Å². The predicted octanol–water partition coefficient (Wildman–Crippen LogP) is 2.74. The van der Waals surface area contributed by atoms with E-state index in [1.54, 1.807) is 0 Å². The molecule has 0 aliphatic rings. The highest BCUT2D eigenvalue weighted by molar-refractivity contribution is 7.89. The molecule has 0 aliphatic heterocycles. The lowest BCUT2D eigenvalue weighted by atomic mass is 10.1. The number of nitrogens with one attached hydrogen (secondary N) is 1. The number of rotatable bonds is 6. The van der Waals surface area contributed by atoms with E-state index in [2.05, 4.69) is 4.72 Å². The Labute approximate surface area is 121 Å². The van der Waals surface area contributed by atoms with Crippen molar-refractivity contribution in [3.05, 3.63) is 14.7 Å². The summed E-state index contributed by atoms with van der Waals surface area (Å²) in [5.74, 6) is 0.0914. The summed E-state index contributed by atoms with van der Waals surface area (Å²) in [5.41, 5.74) is 0. The maximum atomic E-state index is 11.9. The van der Waals surface area contributed by atoms with Crippen LogP contribution in [0.25, 0.3) is 0 Å². The van der Waals surface area contributed by atoms with E-state index in [0.29, 0.717) is 10.8 Å². The number of sulfonamides is 1. The van der Waals surface area contributed by atoms with Gasteiger partial charge in [0.05, 0.1) is 10.4 Å². The third kappa shape index (κ3) is 4.36. The summed E-state index contributed by atoms with van der Waals surface area (Å²) in [5, 5.41) is 9.57. The van der Waals surface area contributed by atoms with Crippen molar-refractivity contribution in [2.75, 3.05) is 6.54 Å². The highest BCUT2D eigenvalue weighted by atomic mass is 35.5. The van der Waals surface area contributed by atoms with Crippen molar-refractivity contribution >= 4 is 44.6 Å². The molecular weight excluding hydrogens is 317 g/mol. The molecule has 4 nitrogen and oxygen atoms in total. The molecule has 0 aliphatic carbocycles. The number of aliphatic hydroxyl groups is 1. The SMILES string of the molecule is CC(C)C(O)CCNS(=O)(=O)c1cc(Cl)sc1Cl. The molecule has 1 atom stereocenters. The molecular formula is C10H15Cl2NO3S2. The molecule has 18 heavy (non-hydrogen) atoms. The molecule has 8 heteroatoms. The maximum Gasteiger partial charge on any atom is 0.242 e. The van der Waals surface area contributed by atoms with Crippen LogP contribution in [0.3, 0.4) is 0 Å². The summed E-state index contributed by atoms with van der Waals surface area (Å²) in [7, 11) is -3.66. The van der Waals surface area contributed by atoms with Crippen molar-refractivity contribution in [3.63, 3.8) is 0 Å². The normalized spacial score (nSPS) is 14.1. The third-order valence-electron chi connectivity index (χ3n) is 2.42. The molecule has 0 amide bonds. The lowest BCUT2D eigenvalue weighted by Crippen LogP contribution is -2.28. The molecule has 2 N–H and O–H groups in total. The van der Waals surface area contributed by atoms with Crippen molar-refractivity contribution in [2.24, 2.45) is 5.92 Å². The van der Waals surface area contributed by atoms with Gasteiger partial charge in [-0.2, -0.15) is 0 Å². The first-order valence-electron chi connectivity index (χ1n) is 5.36. The number of thiophene rings is 1. The number of halogens is 2. The first-order chi connectivity index (χ1) is 8.24. The van der Waals surface area contributed by atoms with Gasteiger partial charge in [-0.05, 0) is 18.4 Å². The average Bonchev–Trinajstić information content (AvgIpc) is 2.58. The number of aliphatic hydroxyl groups excluding tert-OH is 1. The summed E-state index contributed by atoms with van der Waals surface area (Å²) < 4.78 is 26.6. The van der Waals surface area contributed by atoms with Crippen LogP contribution in [0.1, 0.15) is 20.3 Å². The van der Waals surface area contributed by atoms with E-state index in [1.165, 1.54) is 6.07 Å². The van der Waals surface area contributed by atoms with Gasteiger partial charge >= 0.3 is 0 Å². The van der Waals surface area contributed by atoms with Gasteiger partial charge in [0.1, 0.15) is 9.23 Å². The maximum absolute atomic E-state index is 11.9. The summed E-state index contributed by atoms with van der Waals surface area (Å²) >= 11 is 12.5. The van der Waals surface area contributed by atoms with Gasteiger partial charge in [0.2, 0.25) is 10.0 Å². The van der Waals surface area contributed by atoms with Crippen molar-refractivity contribution in [1.29, 1.82) is 0 Å². The molecule has 0 aromatic carbocycles. The Kier molecular flexibility index (Phi) is 5.89. The fraction of sp³-hybridized carbons (Fsp3) is 0.600. The van der Waals surface area contributed by atoms with Gasteiger partial charge in [-0.25, -0.2) is 13.1 Å². The van der Waals surface area contributed by atoms with Crippen LogP contribution in [0.2, 0.25) is 8.67 Å². The highest BCUT2D eigenvalue weighted by Gasteiger charge is 2.21. The second kappa shape index (κ2) is 6.54. The molecule has 1 aromatic rings. The van der Waals surface area contributed by atoms with Crippen molar-refractivity contribution < 1.29 is 13.5 Å². The zero-order valence-electron chi connectivity index (χ0n) is 9.98. The Morgan fingerprint density at radius 2 is 2.06 bits per heavy atom. The Hall–Kier alpha value is 0.150.